The van der Waals surface area contributed by atoms with Gasteiger partial charge in [-0.2, -0.15) is 0 Å². The highest BCUT2D eigenvalue weighted by Crippen LogP contribution is 2.32. The molecule has 2 aromatic rings. The van der Waals surface area contributed by atoms with Gasteiger partial charge in [-0.15, -0.1) is 11.6 Å². The molecular formula is C13H8BrCl2FO. The van der Waals surface area contributed by atoms with Crippen LogP contribution in [0.3, 0.4) is 0 Å². The molecule has 0 bridgehead atoms. The molecule has 5 heteroatoms. The van der Waals surface area contributed by atoms with E-state index >= 15 is 0 Å². The average Bonchev–Trinajstić information content (AvgIpc) is 2.34. The number of ether oxygens (including phenoxy) is 1. The Kier molecular flexibility index (Phi) is 4.49. The van der Waals surface area contributed by atoms with Gasteiger partial charge in [0.05, 0.1) is 10.4 Å². The fraction of sp³-hybridized carbons (Fsp3) is 0.0769. The van der Waals surface area contributed by atoms with Crippen molar-refractivity contribution in [2.45, 2.75) is 5.88 Å². The second kappa shape index (κ2) is 5.91. The van der Waals surface area contributed by atoms with Gasteiger partial charge in [-0.3, -0.25) is 0 Å². The molecule has 0 saturated heterocycles. The normalized spacial score (nSPS) is 10.4. The van der Waals surface area contributed by atoms with Crippen LogP contribution in [0.2, 0.25) is 5.02 Å². The number of rotatable bonds is 3. The average molecular weight is 350 g/mol. The van der Waals surface area contributed by atoms with E-state index in [0.29, 0.717) is 26.6 Å². The van der Waals surface area contributed by atoms with E-state index in [9.17, 15) is 4.39 Å². The lowest BCUT2D eigenvalue weighted by Gasteiger charge is -2.11. The maximum absolute atomic E-state index is 13.1. The van der Waals surface area contributed by atoms with Crippen molar-refractivity contribution in [3.63, 3.8) is 0 Å². The number of alkyl halides is 1. The lowest BCUT2D eigenvalue weighted by molar-refractivity contribution is 0.475. The minimum absolute atomic E-state index is 0.247. The van der Waals surface area contributed by atoms with Crippen molar-refractivity contribution in [1.29, 1.82) is 0 Å². The van der Waals surface area contributed by atoms with E-state index < -0.39 is 0 Å². The molecule has 0 heterocycles. The lowest BCUT2D eigenvalue weighted by atomic mass is 10.2. The second-order valence-corrected chi connectivity index (χ2v) is 5.06. The molecule has 0 spiro atoms. The second-order valence-electron chi connectivity index (χ2n) is 3.53. The zero-order valence-corrected chi connectivity index (χ0v) is 12.2. The van der Waals surface area contributed by atoms with Crippen molar-refractivity contribution in [3.8, 4) is 11.5 Å². The predicted molar refractivity (Wildman–Crippen MR) is 75.2 cm³/mol. The molecule has 18 heavy (non-hydrogen) atoms. The summed E-state index contributed by atoms with van der Waals surface area (Å²) in [6, 6.07) is 9.69. The Balaban J connectivity index is 2.34. The monoisotopic (exact) mass is 348 g/mol. The van der Waals surface area contributed by atoms with Gasteiger partial charge in [0.25, 0.3) is 0 Å². The molecule has 0 fully saturated rings. The highest BCUT2D eigenvalue weighted by atomic mass is 79.9. The Hall–Kier alpha value is -0.770. The summed E-state index contributed by atoms with van der Waals surface area (Å²) < 4.78 is 19.1. The first-order valence-electron chi connectivity index (χ1n) is 5.08. The smallest absolute Gasteiger partial charge is 0.137 e. The fourth-order valence-electron chi connectivity index (χ4n) is 1.43. The molecule has 0 atom stereocenters. The maximum Gasteiger partial charge on any atom is 0.137 e. The topological polar surface area (TPSA) is 9.23 Å². The van der Waals surface area contributed by atoms with E-state index in [2.05, 4.69) is 15.9 Å². The van der Waals surface area contributed by atoms with Crippen LogP contribution in [0.25, 0.3) is 0 Å². The SMILES string of the molecule is Fc1ccc(Oc2cccc(Cl)c2CCl)cc1Br. The molecular weight excluding hydrogens is 342 g/mol. The van der Waals surface area contributed by atoms with E-state index in [1.165, 1.54) is 6.07 Å². The molecule has 0 radical (unpaired) electrons. The zero-order chi connectivity index (χ0) is 13.1. The third kappa shape index (κ3) is 2.97. The van der Waals surface area contributed by atoms with Gasteiger partial charge >= 0.3 is 0 Å². The van der Waals surface area contributed by atoms with E-state index in [1.54, 1.807) is 30.3 Å². The fourth-order valence-corrected chi connectivity index (χ4v) is 2.37. The van der Waals surface area contributed by atoms with E-state index in [0.717, 1.165) is 0 Å². The first kappa shape index (κ1) is 13.7. The molecule has 0 aliphatic heterocycles. The quantitative estimate of drug-likeness (QED) is 0.639. The summed E-state index contributed by atoms with van der Waals surface area (Å²) in [6.45, 7) is 0. The summed E-state index contributed by atoms with van der Waals surface area (Å²) in [5, 5.41) is 0.545. The van der Waals surface area contributed by atoms with Crippen molar-refractivity contribution in [3.05, 3.63) is 57.3 Å². The van der Waals surface area contributed by atoms with Crippen LogP contribution < -0.4 is 4.74 Å². The van der Waals surface area contributed by atoms with Crippen LogP contribution in [0.4, 0.5) is 4.39 Å². The van der Waals surface area contributed by atoms with Crippen molar-refractivity contribution in [2.24, 2.45) is 0 Å². The van der Waals surface area contributed by atoms with Crippen LogP contribution >= 0.6 is 39.1 Å². The molecule has 0 aromatic heterocycles. The van der Waals surface area contributed by atoms with Crippen LogP contribution in [0.15, 0.2) is 40.9 Å². The number of hydrogen-bond acceptors (Lipinski definition) is 1. The summed E-state index contributed by atoms with van der Waals surface area (Å²) >= 11 is 14.9. The van der Waals surface area contributed by atoms with Crippen molar-refractivity contribution < 1.29 is 9.13 Å². The maximum atomic E-state index is 13.1. The number of halogens is 4. The Bertz CT molecular complexity index is 575. The Morgan fingerprint density at radius 1 is 1.22 bits per heavy atom. The van der Waals surface area contributed by atoms with Gasteiger partial charge < -0.3 is 4.74 Å². The molecule has 0 N–H and O–H groups in total. The Morgan fingerprint density at radius 2 is 2.00 bits per heavy atom. The first-order chi connectivity index (χ1) is 8.61. The highest BCUT2D eigenvalue weighted by molar-refractivity contribution is 9.10. The molecule has 0 saturated carbocycles. The van der Waals surface area contributed by atoms with Crippen molar-refractivity contribution >= 4 is 39.1 Å². The van der Waals surface area contributed by atoms with Gasteiger partial charge in [0, 0.05) is 10.6 Å². The summed E-state index contributed by atoms with van der Waals surface area (Å²) in [7, 11) is 0. The lowest BCUT2D eigenvalue weighted by Crippen LogP contribution is -1.91. The molecule has 2 rings (SSSR count). The van der Waals surface area contributed by atoms with Crippen molar-refractivity contribution in [2.75, 3.05) is 0 Å². The van der Waals surface area contributed by atoms with E-state index in [1.807, 2.05) is 0 Å². The molecule has 0 aliphatic rings. The molecule has 1 nitrogen and oxygen atoms in total. The van der Waals surface area contributed by atoms with Crippen LogP contribution in [0.5, 0.6) is 11.5 Å². The predicted octanol–water partition coefficient (Wildman–Crippen LogP) is 5.77. The summed E-state index contributed by atoms with van der Waals surface area (Å²) in [5.74, 6) is 0.983. The van der Waals surface area contributed by atoms with Crippen molar-refractivity contribution in [1.82, 2.24) is 0 Å². The van der Waals surface area contributed by atoms with Crippen LogP contribution in [-0.4, -0.2) is 0 Å². The van der Waals surface area contributed by atoms with Crippen LogP contribution in [0, 0.1) is 5.82 Å². The van der Waals surface area contributed by atoms with Gasteiger partial charge in [-0.05, 0) is 46.3 Å². The largest absolute Gasteiger partial charge is 0.457 e. The van der Waals surface area contributed by atoms with Gasteiger partial charge in [0.15, 0.2) is 0 Å². The zero-order valence-electron chi connectivity index (χ0n) is 9.09. The van der Waals surface area contributed by atoms with Gasteiger partial charge in [-0.1, -0.05) is 17.7 Å². The number of hydrogen-bond donors (Lipinski definition) is 0. The standard InChI is InChI=1S/C13H8BrCl2FO/c14-10-6-8(4-5-12(10)17)18-13-3-1-2-11(16)9(13)7-15/h1-6H,7H2. The third-order valence-corrected chi connectivity index (χ3v) is 3.56. The summed E-state index contributed by atoms with van der Waals surface area (Å²) in [6.07, 6.45) is 0. The molecule has 0 unspecified atom stereocenters. The highest BCUT2D eigenvalue weighted by Gasteiger charge is 2.09. The van der Waals surface area contributed by atoms with Crippen LogP contribution in [-0.2, 0) is 5.88 Å². The van der Waals surface area contributed by atoms with E-state index in [-0.39, 0.29) is 11.7 Å². The first-order valence-corrected chi connectivity index (χ1v) is 6.78. The summed E-state index contributed by atoms with van der Waals surface area (Å²) in [4.78, 5) is 0. The minimum Gasteiger partial charge on any atom is -0.457 e. The van der Waals surface area contributed by atoms with Gasteiger partial charge in [-0.25, -0.2) is 4.39 Å². The third-order valence-electron chi connectivity index (χ3n) is 2.33. The minimum atomic E-state index is -0.342. The number of benzene rings is 2. The molecule has 0 amide bonds. The summed E-state index contributed by atoms with van der Waals surface area (Å²) in [5.41, 5.74) is 0.710. The Labute approximate surface area is 123 Å². The van der Waals surface area contributed by atoms with Crippen LogP contribution in [0.1, 0.15) is 5.56 Å². The Morgan fingerprint density at radius 3 is 2.67 bits per heavy atom. The molecule has 2 aromatic carbocycles. The van der Waals surface area contributed by atoms with Gasteiger partial charge in [0.2, 0.25) is 0 Å². The van der Waals surface area contributed by atoms with Gasteiger partial charge in [0.1, 0.15) is 17.3 Å². The molecule has 94 valence electrons. The molecule has 0 aliphatic carbocycles. The van der Waals surface area contributed by atoms with E-state index in [4.69, 9.17) is 27.9 Å².